The van der Waals surface area contributed by atoms with Crippen molar-refractivity contribution in [1.82, 2.24) is 10.3 Å². The zero-order valence-corrected chi connectivity index (χ0v) is 18.1. The zero-order chi connectivity index (χ0) is 22.8. The fourth-order valence-corrected chi connectivity index (χ4v) is 3.33. The van der Waals surface area contributed by atoms with Crippen LogP contribution in [0.25, 0.3) is 0 Å². The minimum absolute atomic E-state index is 0.196. The Hall–Kier alpha value is -3.92. The molecule has 9 nitrogen and oxygen atoms in total. The number of amides is 3. The second-order valence-corrected chi connectivity index (χ2v) is 7.23. The summed E-state index contributed by atoms with van der Waals surface area (Å²) in [6.45, 7) is 2.19. The summed E-state index contributed by atoms with van der Waals surface area (Å²) in [4.78, 5) is 40.8. The van der Waals surface area contributed by atoms with Crippen LogP contribution >= 0.6 is 11.3 Å². The number of hydrogen-bond donors (Lipinski definition) is 2. The van der Waals surface area contributed by atoms with Crippen LogP contribution in [0, 0.1) is 0 Å². The number of carbonyl (C=O) groups is 3. The second kappa shape index (κ2) is 11.5. The molecule has 0 unspecified atom stereocenters. The second-order valence-electron chi connectivity index (χ2n) is 6.37. The highest BCUT2D eigenvalue weighted by Gasteiger charge is 2.14. The molecule has 2 N–H and O–H groups in total. The number of aromatic nitrogens is 1. The molecule has 1 aromatic heterocycles. The average Bonchev–Trinajstić information content (AvgIpc) is 3.26. The molecule has 1 heterocycles. The summed E-state index contributed by atoms with van der Waals surface area (Å²) >= 11 is 1.20. The Labute approximate surface area is 189 Å². The van der Waals surface area contributed by atoms with Crippen LogP contribution < -0.4 is 20.3 Å². The van der Waals surface area contributed by atoms with E-state index in [1.54, 1.807) is 36.6 Å². The van der Waals surface area contributed by atoms with Gasteiger partial charge >= 0.3 is 12.0 Å². The summed E-state index contributed by atoms with van der Waals surface area (Å²) in [5.41, 5.74) is 1.53. The summed E-state index contributed by atoms with van der Waals surface area (Å²) in [7, 11) is 0. The Morgan fingerprint density at radius 3 is 2.56 bits per heavy atom. The minimum Gasteiger partial charge on any atom is -0.482 e. The average molecular weight is 455 g/mol. The van der Waals surface area contributed by atoms with E-state index in [4.69, 9.17) is 9.47 Å². The highest BCUT2D eigenvalue weighted by Crippen LogP contribution is 2.29. The number of rotatable bonds is 10. The Morgan fingerprint density at radius 2 is 1.88 bits per heavy atom. The molecule has 166 valence electrons. The van der Waals surface area contributed by atoms with Gasteiger partial charge in [-0.2, -0.15) is 0 Å². The normalized spacial score (nSPS) is 10.2. The maximum absolute atomic E-state index is 12.1. The Kier molecular flexibility index (Phi) is 8.15. The molecule has 0 radical (unpaired) electrons. The number of nitrogens with one attached hydrogen (secondary N) is 2. The van der Waals surface area contributed by atoms with Crippen molar-refractivity contribution in [2.24, 2.45) is 0 Å². The van der Waals surface area contributed by atoms with E-state index in [1.807, 2.05) is 30.3 Å². The molecule has 32 heavy (non-hydrogen) atoms. The summed E-state index contributed by atoms with van der Waals surface area (Å²) in [6, 6.07) is 15.7. The molecular formula is C22H22N4O5S. The number of anilines is 3. The van der Waals surface area contributed by atoms with Crippen molar-refractivity contribution in [2.75, 3.05) is 23.4 Å². The molecular weight excluding hydrogens is 432 g/mol. The maximum atomic E-state index is 12.1. The van der Waals surface area contributed by atoms with E-state index >= 15 is 0 Å². The van der Waals surface area contributed by atoms with Crippen LogP contribution in [0.4, 0.5) is 21.4 Å². The van der Waals surface area contributed by atoms with Crippen LogP contribution in [-0.2, 0) is 20.9 Å². The van der Waals surface area contributed by atoms with Crippen molar-refractivity contribution in [3.63, 3.8) is 0 Å². The van der Waals surface area contributed by atoms with E-state index in [-0.39, 0.29) is 13.2 Å². The first-order valence-corrected chi connectivity index (χ1v) is 10.6. The van der Waals surface area contributed by atoms with E-state index in [1.165, 1.54) is 16.2 Å². The Balaban J connectivity index is 1.56. The number of thiazole rings is 1. The highest BCUT2D eigenvalue weighted by molar-refractivity contribution is 7.14. The Bertz CT molecular complexity index is 1040. The number of hydrogen-bond acceptors (Lipinski definition) is 7. The summed E-state index contributed by atoms with van der Waals surface area (Å²) < 4.78 is 10.2. The molecule has 0 spiro atoms. The third-order valence-electron chi connectivity index (χ3n) is 4.14. The monoisotopic (exact) mass is 454 g/mol. The van der Waals surface area contributed by atoms with Gasteiger partial charge in [0.2, 0.25) is 6.41 Å². The van der Waals surface area contributed by atoms with Gasteiger partial charge in [0.25, 0.3) is 0 Å². The molecule has 3 aromatic rings. The highest BCUT2D eigenvalue weighted by atomic mass is 32.1. The van der Waals surface area contributed by atoms with Crippen molar-refractivity contribution < 1.29 is 23.9 Å². The molecule has 0 aliphatic heterocycles. The van der Waals surface area contributed by atoms with Crippen molar-refractivity contribution in [2.45, 2.75) is 13.5 Å². The van der Waals surface area contributed by atoms with Gasteiger partial charge in [0.1, 0.15) is 5.75 Å². The van der Waals surface area contributed by atoms with Gasteiger partial charge in [0.15, 0.2) is 17.6 Å². The molecule has 0 aliphatic carbocycles. The number of urea groups is 1. The van der Waals surface area contributed by atoms with Gasteiger partial charge in [-0.1, -0.05) is 30.3 Å². The molecule has 0 fully saturated rings. The van der Waals surface area contributed by atoms with Crippen LogP contribution in [0.2, 0.25) is 0 Å². The van der Waals surface area contributed by atoms with Crippen LogP contribution in [0.1, 0.15) is 12.5 Å². The molecule has 3 rings (SSSR count). The predicted octanol–water partition coefficient (Wildman–Crippen LogP) is 3.70. The van der Waals surface area contributed by atoms with E-state index < -0.39 is 12.0 Å². The van der Waals surface area contributed by atoms with Crippen molar-refractivity contribution in [1.29, 1.82) is 0 Å². The van der Waals surface area contributed by atoms with E-state index in [0.717, 1.165) is 5.56 Å². The lowest BCUT2D eigenvalue weighted by Crippen LogP contribution is -2.28. The SMILES string of the molecule is CCOC(=O)COc1ccc(N(C=O)c2csc(NC(=O)NCc3ccccc3)n2)cc1. The smallest absolute Gasteiger partial charge is 0.344 e. The molecule has 10 heteroatoms. The molecule has 0 saturated heterocycles. The van der Waals surface area contributed by atoms with Crippen LogP contribution in [0.3, 0.4) is 0 Å². The van der Waals surface area contributed by atoms with Crippen molar-refractivity contribution in [3.05, 3.63) is 65.5 Å². The summed E-state index contributed by atoms with van der Waals surface area (Å²) in [6.07, 6.45) is 0.628. The predicted molar refractivity (Wildman–Crippen MR) is 121 cm³/mol. The lowest BCUT2D eigenvalue weighted by molar-refractivity contribution is -0.145. The quantitative estimate of drug-likeness (QED) is 0.357. The number of nitrogens with zero attached hydrogens (tertiary/aromatic N) is 2. The largest absolute Gasteiger partial charge is 0.482 e. The van der Waals surface area contributed by atoms with Crippen LogP contribution in [0.15, 0.2) is 60.0 Å². The van der Waals surface area contributed by atoms with Gasteiger partial charge in [0, 0.05) is 11.9 Å². The van der Waals surface area contributed by atoms with E-state index in [0.29, 0.717) is 35.3 Å². The van der Waals surface area contributed by atoms with E-state index in [9.17, 15) is 14.4 Å². The summed E-state index contributed by atoms with van der Waals surface area (Å²) in [5, 5.41) is 7.43. The molecule has 0 saturated carbocycles. The number of carbonyl (C=O) groups excluding carboxylic acids is 3. The lowest BCUT2D eigenvalue weighted by atomic mass is 10.2. The van der Waals surface area contributed by atoms with Crippen LogP contribution in [0.5, 0.6) is 5.75 Å². The third-order valence-corrected chi connectivity index (χ3v) is 4.88. The van der Waals surface area contributed by atoms with Gasteiger partial charge in [-0.25, -0.2) is 14.6 Å². The fourth-order valence-electron chi connectivity index (χ4n) is 2.65. The molecule has 2 aromatic carbocycles. The third kappa shape index (κ3) is 6.54. The van der Waals surface area contributed by atoms with Crippen LogP contribution in [-0.4, -0.2) is 36.6 Å². The Morgan fingerprint density at radius 1 is 1.12 bits per heavy atom. The molecule has 3 amide bonds. The molecule has 0 atom stereocenters. The number of benzene rings is 2. The van der Waals surface area contributed by atoms with Gasteiger partial charge in [-0.3, -0.25) is 15.0 Å². The minimum atomic E-state index is -0.457. The van der Waals surface area contributed by atoms with Crippen molar-refractivity contribution >= 4 is 46.4 Å². The van der Waals surface area contributed by atoms with E-state index in [2.05, 4.69) is 15.6 Å². The standard InChI is InChI=1S/C22H22N4O5S/c1-2-30-20(28)13-31-18-10-8-17(9-11-18)26(15-27)19-14-32-22(24-19)25-21(29)23-12-16-6-4-3-5-7-16/h3-11,14-15H,2,12-13H2,1H3,(H2,23,24,25,29). The number of ether oxygens (including phenoxy) is 2. The van der Waals surface area contributed by atoms with Gasteiger partial charge in [-0.05, 0) is 36.8 Å². The fraction of sp³-hybridized carbons (Fsp3) is 0.182. The summed E-state index contributed by atoms with van der Waals surface area (Å²) in [5.74, 6) is 0.369. The number of esters is 1. The van der Waals surface area contributed by atoms with Crippen molar-refractivity contribution in [3.8, 4) is 5.75 Å². The topological polar surface area (TPSA) is 110 Å². The van der Waals surface area contributed by atoms with Gasteiger partial charge < -0.3 is 14.8 Å². The first kappa shape index (κ1) is 22.8. The maximum Gasteiger partial charge on any atom is 0.344 e. The van der Waals surface area contributed by atoms with Gasteiger partial charge in [-0.15, -0.1) is 11.3 Å². The molecule has 0 aliphatic rings. The first-order chi connectivity index (χ1) is 15.6. The molecule has 0 bridgehead atoms. The zero-order valence-electron chi connectivity index (χ0n) is 17.3. The van der Waals surface area contributed by atoms with Gasteiger partial charge in [0.05, 0.1) is 12.3 Å². The lowest BCUT2D eigenvalue weighted by Gasteiger charge is -2.15. The first-order valence-electron chi connectivity index (χ1n) is 9.76.